The summed E-state index contributed by atoms with van der Waals surface area (Å²) in [4.78, 5) is 11.2. The van der Waals surface area contributed by atoms with Gasteiger partial charge < -0.3 is 10.5 Å². The topological polar surface area (TPSA) is 89.7 Å². The number of nitrogens with two attached hydrogens (primary N) is 1. The number of carbonyl (C=O) groups excluding carboxylic acids is 1. The standard InChI is InChI=1S/C13H17FN2O4S/c1-20-13(17)9-5-7-16(8-6-9)21(18,19)11-4-2-3-10(14)12(11)15/h2-4,9H,5-8,15H2,1H3. The van der Waals surface area contributed by atoms with Crippen molar-refractivity contribution in [2.45, 2.75) is 17.7 Å². The van der Waals surface area contributed by atoms with E-state index in [1.165, 1.54) is 23.5 Å². The third-order valence-electron chi connectivity index (χ3n) is 3.62. The molecule has 1 aliphatic rings. The van der Waals surface area contributed by atoms with Crippen LogP contribution in [-0.2, 0) is 19.6 Å². The van der Waals surface area contributed by atoms with E-state index in [2.05, 4.69) is 4.74 Å². The number of para-hydroxylation sites is 1. The van der Waals surface area contributed by atoms with Crippen molar-refractivity contribution in [2.24, 2.45) is 5.92 Å². The zero-order valence-electron chi connectivity index (χ0n) is 11.6. The molecule has 1 aromatic carbocycles. The number of halogens is 1. The first-order chi connectivity index (χ1) is 9.87. The predicted molar refractivity (Wildman–Crippen MR) is 74.3 cm³/mol. The minimum atomic E-state index is -3.85. The average Bonchev–Trinajstić information content (AvgIpc) is 2.49. The summed E-state index contributed by atoms with van der Waals surface area (Å²) in [7, 11) is -2.55. The molecule has 1 heterocycles. The molecule has 116 valence electrons. The quantitative estimate of drug-likeness (QED) is 0.663. The van der Waals surface area contributed by atoms with E-state index >= 15 is 0 Å². The second-order valence-corrected chi connectivity index (χ2v) is 6.76. The maximum atomic E-state index is 13.4. The average molecular weight is 316 g/mol. The number of nitrogen functional groups attached to an aromatic ring is 1. The van der Waals surface area contributed by atoms with Gasteiger partial charge in [-0.1, -0.05) is 6.07 Å². The molecule has 8 heteroatoms. The van der Waals surface area contributed by atoms with Crippen molar-refractivity contribution in [3.63, 3.8) is 0 Å². The molecule has 2 N–H and O–H groups in total. The van der Waals surface area contributed by atoms with E-state index in [0.29, 0.717) is 12.8 Å². The summed E-state index contributed by atoms with van der Waals surface area (Å²) < 4.78 is 44.2. The van der Waals surface area contributed by atoms with E-state index in [4.69, 9.17) is 5.73 Å². The number of hydrogen-bond donors (Lipinski definition) is 1. The van der Waals surface area contributed by atoms with Crippen molar-refractivity contribution >= 4 is 21.7 Å². The summed E-state index contributed by atoms with van der Waals surface area (Å²) in [5, 5.41) is 0. The van der Waals surface area contributed by atoms with Crippen LogP contribution in [0.25, 0.3) is 0 Å². The first-order valence-corrected chi connectivity index (χ1v) is 7.94. The summed E-state index contributed by atoms with van der Waals surface area (Å²) >= 11 is 0. The van der Waals surface area contributed by atoms with Crippen LogP contribution in [0.1, 0.15) is 12.8 Å². The summed E-state index contributed by atoms with van der Waals surface area (Å²) in [5.74, 6) is -1.40. The van der Waals surface area contributed by atoms with Gasteiger partial charge in [0.25, 0.3) is 0 Å². The Kier molecular flexibility index (Phi) is 4.48. The molecule has 0 aliphatic carbocycles. The van der Waals surface area contributed by atoms with Gasteiger partial charge in [0.1, 0.15) is 10.7 Å². The fourth-order valence-corrected chi connectivity index (χ4v) is 3.98. The molecule has 6 nitrogen and oxygen atoms in total. The normalized spacial score (nSPS) is 17.6. The number of esters is 1. The number of nitrogens with zero attached hydrogens (tertiary/aromatic N) is 1. The summed E-state index contributed by atoms with van der Waals surface area (Å²) in [6, 6.07) is 3.69. The molecule has 1 saturated heterocycles. The van der Waals surface area contributed by atoms with Gasteiger partial charge in [-0.25, -0.2) is 12.8 Å². The lowest BCUT2D eigenvalue weighted by Gasteiger charge is -2.30. The van der Waals surface area contributed by atoms with Crippen molar-refractivity contribution in [3.05, 3.63) is 24.0 Å². The largest absolute Gasteiger partial charge is 0.469 e. The van der Waals surface area contributed by atoms with Gasteiger partial charge in [0.05, 0.1) is 18.7 Å². The number of methoxy groups -OCH3 is 1. The highest BCUT2D eigenvalue weighted by atomic mass is 32.2. The molecule has 0 radical (unpaired) electrons. The zero-order valence-corrected chi connectivity index (χ0v) is 12.4. The highest BCUT2D eigenvalue weighted by Crippen LogP contribution is 2.28. The van der Waals surface area contributed by atoms with Crippen molar-refractivity contribution in [3.8, 4) is 0 Å². The molecular weight excluding hydrogens is 299 g/mol. The van der Waals surface area contributed by atoms with Gasteiger partial charge >= 0.3 is 5.97 Å². The third kappa shape index (κ3) is 3.01. The molecule has 0 spiro atoms. The van der Waals surface area contributed by atoms with Gasteiger partial charge in [0.15, 0.2) is 0 Å². The Morgan fingerprint density at radius 1 is 1.38 bits per heavy atom. The fourth-order valence-electron chi connectivity index (χ4n) is 2.38. The van der Waals surface area contributed by atoms with Crippen molar-refractivity contribution < 1.29 is 22.3 Å². The molecular formula is C13H17FN2O4S. The number of anilines is 1. The fraction of sp³-hybridized carbons (Fsp3) is 0.462. The number of sulfonamides is 1. The van der Waals surface area contributed by atoms with Crippen LogP contribution >= 0.6 is 0 Å². The van der Waals surface area contributed by atoms with Gasteiger partial charge in [-0.15, -0.1) is 0 Å². The Balaban J connectivity index is 2.19. The van der Waals surface area contributed by atoms with Crippen LogP contribution in [0.15, 0.2) is 23.1 Å². The summed E-state index contributed by atoms with van der Waals surface area (Å²) in [6.07, 6.45) is 0.752. The van der Waals surface area contributed by atoms with Crippen LogP contribution in [0.3, 0.4) is 0 Å². The van der Waals surface area contributed by atoms with E-state index in [0.717, 1.165) is 6.07 Å². The van der Waals surface area contributed by atoms with E-state index in [-0.39, 0.29) is 35.6 Å². The summed E-state index contributed by atoms with van der Waals surface area (Å²) in [6.45, 7) is 0.357. The maximum absolute atomic E-state index is 13.4. The highest BCUT2D eigenvalue weighted by Gasteiger charge is 2.33. The number of ether oxygens (including phenoxy) is 1. The van der Waals surface area contributed by atoms with Crippen LogP contribution < -0.4 is 5.73 Å². The lowest BCUT2D eigenvalue weighted by Crippen LogP contribution is -2.40. The lowest BCUT2D eigenvalue weighted by molar-refractivity contribution is -0.146. The SMILES string of the molecule is COC(=O)C1CCN(S(=O)(=O)c2cccc(F)c2N)CC1. The van der Waals surface area contributed by atoms with Gasteiger partial charge in [-0.3, -0.25) is 4.79 Å². The number of hydrogen-bond acceptors (Lipinski definition) is 5. The maximum Gasteiger partial charge on any atom is 0.308 e. The van der Waals surface area contributed by atoms with Gasteiger partial charge in [-0.05, 0) is 25.0 Å². The molecule has 0 saturated carbocycles. The molecule has 1 aliphatic heterocycles. The molecule has 1 fully saturated rings. The van der Waals surface area contributed by atoms with Crippen LogP contribution in [0.5, 0.6) is 0 Å². The predicted octanol–water partition coefficient (Wildman–Crippen LogP) is 0.982. The Hall–Kier alpha value is -1.67. The molecule has 1 aromatic rings. The molecule has 0 bridgehead atoms. The Labute approximate surface area is 122 Å². The molecule has 21 heavy (non-hydrogen) atoms. The van der Waals surface area contributed by atoms with Crippen LogP contribution in [-0.4, -0.2) is 38.9 Å². The zero-order chi connectivity index (χ0) is 15.6. The van der Waals surface area contributed by atoms with Gasteiger partial charge in [0.2, 0.25) is 10.0 Å². The first kappa shape index (κ1) is 15.7. The Bertz CT molecular complexity index is 640. The molecule has 0 atom stereocenters. The monoisotopic (exact) mass is 316 g/mol. The Morgan fingerprint density at radius 3 is 2.57 bits per heavy atom. The first-order valence-electron chi connectivity index (χ1n) is 6.50. The van der Waals surface area contributed by atoms with Crippen LogP contribution in [0.4, 0.5) is 10.1 Å². The van der Waals surface area contributed by atoms with E-state index in [1.807, 2.05) is 0 Å². The minimum Gasteiger partial charge on any atom is -0.469 e. The second-order valence-electron chi connectivity index (χ2n) is 4.85. The van der Waals surface area contributed by atoms with Gasteiger partial charge in [-0.2, -0.15) is 4.31 Å². The van der Waals surface area contributed by atoms with E-state index in [9.17, 15) is 17.6 Å². The number of rotatable bonds is 3. The van der Waals surface area contributed by atoms with E-state index in [1.54, 1.807) is 0 Å². The van der Waals surface area contributed by atoms with Crippen LogP contribution in [0.2, 0.25) is 0 Å². The highest BCUT2D eigenvalue weighted by molar-refractivity contribution is 7.89. The number of benzene rings is 1. The van der Waals surface area contributed by atoms with Gasteiger partial charge in [0, 0.05) is 13.1 Å². The molecule has 0 amide bonds. The summed E-state index contributed by atoms with van der Waals surface area (Å²) in [5.41, 5.74) is 5.14. The molecule has 0 unspecified atom stereocenters. The lowest BCUT2D eigenvalue weighted by atomic mass is 9.99. The van der Waals surface area contributed by atoms with E-state index < -0.39 is 15.8 Å². The number of carbonyl (C=O) groups is 1. The van der Waals surface area contributed by atoms with Crippen molar-refractivity contribution in [1.29, 1.82) is 0 Å². The number of piperidine rings is 1. The minimum absolute atomic E-state index is 0.179. The smallest absolute Gasteiger partial charge is 0.308 e. The third-order valence-corrected chi connectivity index (χ3v) is 5.58. The Morgan fingerprint density at radius 2 is 2.00 bits per heavy atom. The molecule has 0 aromatic heterocycles. The molecule has 2 rings (SSSR count). The van der Waals surface area contributed by atoms with Crippen molar-refractivity contribution in [1.82, 2.24) is 4.31 Å². The van der Waals surface area contributed by atoms with Crippen molar-refractivity contribution in [2.75, 3.05) is 25.9 Å². The van der Waals surface area contributed by atoms with Crippen LogP contribution in [0, 0.1) is 11.7 Å². The second kappa shape index (κ2) is 5.98.